The number of hydrogen-bond acceptors (Lipinski definition) is 2. The zero-order valence-corrected chi connectivity index (χ0v) is 16.3. The lowest BCUT2D eigenvalue weighted by Gasteiger charge is -2.30. The standard InChI is InChI=1S/C21H38N2/c1-9-18(22-17-20(7,11-3)12-4)15-16-19(10-2)23-21(8,13-5)14-6/h9-10,15-16,22-23H,1-2,11-14,17H2,3-8H3/b18-15+,19-16+. The molecule has 2 N–H and O–H groups in total. The summed E-state index contributed by atoms with van der Waals surface area (Å²) in [6, 6.07) is 0. The van der Waals surface area contributed by atoms with Crippen LogP contribution >= 0.6 is 0 Å². The highest BCUT2D eigenvalue weighted by atomic mass is 15.0. The SMILES string of the molecule is C=C/C(=C\C=C(/C=C)NC(C)(CC)CC)NCC(C)(CC)CC. The van der Waals surface area contributed by atoms with Gasteiger partial charge in [0.25, 0.3) is 0 Å². The molecule has 0 spiro atoms. The molecule has 0 saturated carbocycles. The van der Waals surface area contributed by atoms with Gasteiger partial charge in [-0.3, -0.25) is 0 Å². The smallest absolute Gasteiger partial charge is 0.0340 e. The molecular weight excluding hydrogens is 280 g/mol. The molecule has 0 aliphatic carbocycles. The van der Waals surface area contributed by atoms with E-state index in [9.17, 15) is 0 Å². The average molecular weight is 319 g/mol. The molecule has 0 rings (SSSR count). The van der Waals surface area contributed by atoms with Crippen LogP contribution in [0.1, 0.15) is 67.2 Å². The van der Waals surface area contributed by atoms with Crippen LogP contribution < -0.4 is 10.6 Å². The van der Waals surface area contributed by atoms with Crippen LogP contribution in [0.2, 0.25) is 0 Å². The highest BCUT2D eigenvalue weighted by Gasteiger charge is 2.19. The molecular formula is C21H38N2. The summed E-state index contributed by atoms with van der Waals surface area (Å²) in [5, 5.41) is 7.11. The molecule has 0 fully saturated rings. The minimum Gasteiger partial charge on any atom is -0.385 e. The van der Waals surface area contributed by atoms with Gasteiger partial charge in [0.15, 0.2) is 0 Å². The third-order valence-corrected chi connectivity index (χ3v) is 5.32. The third-order valence-electron chi connectivity index (χ3n) is 5.32. The monoisotopic (exact) mass is 318 g/mol. The topological polar surface area (TPSA) is 24.1 Å². The normalized spacial score (nSPS) is 13.7. The molecule has 0 amide bonds. The summed E-state index contributed by atoms with van der Waals surface area (Å²) in [7, 11) is 0. The Morgan fingerprint density at radius 2 is 1.30 bits per heavy atom. The molecule has 23 heavy (non-hydrogen) atoms. The second-order valence-electron chi connectivity index (χ2n) is 6.92. The van der Waals surface area contributed by atoms with E-state index in [1.807, 2.05) is 12.2 Å². The molecule has 0 aromatic carbocycles. The van der Waals surface area contributed by atoms with Crippen molar-refractivity contribution in [1.29, 1.82) is 0 Å². The van der Waals surface area contributed by atoms with Gasteiger partial charge < -0.3 is 10.6 Å². The summed E-state index contributed by atoms with van der Waals surface area (Å²) >= 11 is 0. The molecule has 0 radical (unpaired) electrons. The van der Waals surface area contributed by atoms with Crippen molar-refractivity contribution in [2.24, 2.45) is 5.41 Å². The van der Waals surface area contributed by atoms with Crippen molar-refractivity contribution in [2.45, 2.75) is 72.8 Å². The quantitative estimate of drug-likeness (QED) is 0.450. The van der Waals surface area contributed by atoms with Gasteiger partial charge in [0.1, 0.15) is 0 Å². The first-order valence-corrected chi connectivity index (χ1v) is 9.00. The summed E-state index contributed by atoms with van der Waals surface area (Å²) in [5.74, 6) is 0. The summed E-state index contributed by atoms with van der Waals surface area (Å²) in [4.78, 5) is 0. The molecule has 2 heteroatoms. The lowest BCUT2D eigenvalue weighted by molar-refractivity contribution is 0.292. The lowest BCUT2D eigenvalue weighted by Crippen LogP contribution is -2.39. The van der Waals surface area contributed by atoms with Crippen LogP contribution in [0.4, 0.5) is 0 Å². The van der Waals surface area contributed by atoms with E-state index >= 15 is 0 Å². The van der Waals surface area contributed by atoms with E-state index < -0.39 is 0 Å². The zero-order valence-electron chi connectivity index (χ0n) is 16.3. The first kappa shape index (κ1) is 21.6. The fourth-order valence-electron chi connectivity index (χ4n) is 2.13. The number of nitrogens with one attached hydrogen (secondary N) is 2. The second-order valence-corrected chi connectivity index (χ2v) is 6.92. The van der Waals surface area contributed by atoms with Crippen LogP contribution in [-0.4, -0.2) is 12.1 Å². The highest BCUT2D eigenvalue weighted by Crippen LogP contribution is 2.24. The van der Waals surface area contributed by atoms with E-state index in [0.717, 1.165) is 30.8 Å². The number of hydrogen-bond donors (Lipinski definition) is 2. The molecule has 0 aromatic heterocycles. The van der Waals surface area contributed by atoms with E-state index in [1.165, 1.54) is 12.8 Å². The van der Waals surface area contributed by atoms with Crippen LogP contribution in [0.5, 0.6) is 0 Å². The minimum atomic E-state index is 0.110. The summed E-state index contributed by atoms with van der Waals surface area (Å²) < 4.78 is 0. The Hall–Kier alpha value is -1.44. The van der Waals surface area contributed by atoms with Gasteiger partial charge in [-0.05, 0) is 62.3 Å². The maximum atomic E-state index is 3.92. The number of allylic oxidation sites excluding steroid dienone is 4. The Morgan fingerprint density at radius 3 is 1.70 bits per heavy atom. The van der Waals surface area contributed by atoms with Crippen molar-refractivity contribution in [3.8, 4) is 0 Å². The zero-order chi connectivity index (χ0) is 17.9. The third kappa shape index (κ3) is 7.58. The first-order valence-electron chi connectivity index (χ1n) is 9.00. The lowest BCUT2D eigenvalue weighted by atomic mass is 9.85. The Balaban J connectivity index is 5.01. The van der Waals surface area contributed by atoms with Crippen LogP contribution in [0.3, 0.4) is 0 Å². The molecule has 0 heterocycles. The molecule has 132 valence electrons. The maximum absolute atomic E-state index is 3.92. The van der Waals surface area contributed by atoms with Crippen molar-refractivity contribution >= 4 is 0 Å². The minimum absolute atomic E-state index is 0.110. The highest BCUT2D eigenvalue weighted by molar-refractivity contribution is 5.27. The molecule has 0 aliphatic heterocycles. The molecule has 0 aromatic rings. The van der Waals surface area contributed by atoms with Gasteiger partial charge in [-0.15, -0.1) is 0 Å². The fraction of sp³-hybridized carbons (Fsp3) is 0.619. The summed E-state index contributed by atoms with van der Waals surface area (Å²) in [6.07, 6.45) is 12.4. The molecule has 0 bridgehead atoms. The maximum Gasteiger partial charge on any atom is 0.0340 e. The Morgan fingerprint density at radius 1 is 0.826 bits per heavy atom. The fourth-order valence-corrected chi connectivity index (χ4v) is 2.13. The van der Waals surface area contributed by atoms with Gasteiger partial charge in [0, 0.05) is 23.5 Å². The van der Waals surface area contributed by atoms with E-state index in [1.54, 1.807) is 0 Å². The largest absolute Gasteiger partial charge is 0.385 e. The van der Waals surface area contributed by atoms with Gasteiger partial charge in [0.05, 0.1) is 0 Å². The predicted octanol–water partition coefficient (Wildman–Crippen LogP) is 5.71. The van der Waals surface area contributed by atoms with Gasteiger partial charge >= 0.3 is 0 Å². The van der Waals surface area contributed by atoms with Gasteiger partial charge in [-0.25, -0.2) is 0 Å². The van der Waals surface area contributed by atoms with E-state index in [0.29, 0.717) is 5.41 Å². The van der Waals surface area contributed by atoms with Crippen molar-refractivity contribution < 1.29 is 0 Å². The van der Waals surface area contributed by atoms with Crippen LogP contribution in [0, 0.1) is 5.41 Å². The Kier molecular flexibility index (Phi) is 9.71. The average Bonchev–Trinajstić information content (AvgIpc) is 2.60. The molecule has 0 atom stereocenters. The van der Waals surface area contributed by atoms with E-state index in [4.69, 9.17) is 0 Å². The van der Waals surface area contributed by atoms with Crippen LogP contribution in [0.15, 0.2) is 48.9 Å². The van der Waals surface area contributed by atoms with Crippen LogP contribution in [-0.2, 0) is 0 Å². The van der Waals surface area contributed by atoms with Crippen LogP contribution in [0.25, 0.3) is 0 Å². The Bertz CT molecular complexity index is 421. The first-order chi connectivity index (χ1) is 10.8. The van der Waals surface area contributed by atoms with Crippen molar-refractivity contribution in [1.82, 2.24) is 10.6 Å². The second kappa shape index (κ2) is 10.4. The van der Waals surface area contributed by atoms with Gasteiger partial charge in [0.2, 0.25) is 0 Å². The Labute approximate surface area is 144 Å². The summed E-state index contributed by atoms with van der Waals surface area (Å²) in [6.45, 7) is 22.3. The summed E-state index contributed by atoms with van der Waals surface area (Å²) in [5.41, 5.74) is 2.53. The molecule has 0 aliphatic rings. The van der Waals surface area contributed by atoms with Gasteiger partial charge in [-0.1, -0.05) is 47.8 Å². The van der Waals surface area contributed by atoms with E-state index in [2.05, 4.69) is 77.5 Å². The molecule has 0 unspecified atom stereocenters. The molecule has 0 saturated heterocycles. The molecule has 2 nitrogen and oxygen atoms in total. The van der Waals surface area contributed by atoms with Gasteiger partial charge in [-0.2, -0.15) is 0 Å². The predicted molar refractivity (Wildman–Crippen MR) is 105 cm³/mol. The van der Waals surface area contributed by atoms with Crippen molar-refractivity contribution in [2.75, 3.05) is 6.54 Å². The van der Waals surface area contributed by atoms with Crippen molar-refractivity contribution in [3.63, 3.8) is 0 Å². The number of rotatable bonds is 12. The van der Waals surface area contributed by atoms with E-state index in [-0.39, 0.29) is 5.54 Å². The van der Waals surface area contributed by atoms with Crippen molar-refractivity contribution in [3.05, 3.63) is 48.9 Å².